The molecule has 0 fully saturated rings. The van der Waals surface area contributed by atoms with Gasteiger partial charge < -0.3 is 5.11 Å². The van der Waals surface area contributed by atoms with Crippen LogP contribution in [-0.2, 0) is 0 Å². The summed E-state index contributed by atoms with van der Waals surface area (Å²) in [5.74, 6) is -3.24. The molecule has 0 amide bonds. The molecule has 0 bridgehead atoms. The van der Waals surface area contributed by atoms with Crippen molar-refractivity contribution >= 4 is 17.6 Å². The van der Waals surface area contributed by atoms with E-state index in [0.717, 1.165) is 0 Å². The smallest absolute Gasteiger partial charge is 0.337 e. The Morgan fingerprint density at radius 1 is 1.57 bits per heavy atom. The lowest BCUT2D eigenvalue weighted by atomic mass is 10.1. The lowest BCUT2D eigenvalue weighted by Crippen LogP contribution is -2.08. The molecule has 0 spiro atoms. The van der Waals surface area contributed by atoms with Gasteiger partial charge in [-0.2, -0.15) is 4.39 Å². The predicted octanol–water partition coefficient (Wildman–Crippen LogP) is 2.51. The summed E-state index contributed by atoms with van der Waals surface area (Å²) in [6.07, 6.45) is -2.60. The van der Waals surface area contributed by atoms with E-state index in [1.54, 1.807) is 0 Å². The zero-order valence-electron chi connectivity index (χ0n) is 6.47. The van der Waals surface area contributed by atoms with E-state index in [9.17, 15) is 18.0 Å². The molecule has 0 radical (unpaired) electrons. The molecular weight excluding hydrogens is 223 g/mol. The summed E-state index contributed by atoms with van der Waals surface area (Å²) in [4.78, 5) is 13.4. The fourth-order valence-electron chi connectivity index (χ4n) is 0.896. The molecule has 1 rings (SSSR count). The van der Waals surface area contributed by atoms with Crippen LogP contribution in [0.3, 0.4) is 0 Å². The highest BCUT2D eigenvalue weighted by Gasteiger charge is 2.26. The Bertz CT molecular complexity index is 383. The number of hydrogen-bond acceptors (Lipinski definition) is 2. The molecule has 1 aromatic rings. The Morgan fingerprint density at radius 2 is 2.14 bits per heavy atom. The highest BCUT2D eigenvalue weighted by Crippen LogP contribution is 2.29. The Balaban J connectivity index is 3.50. The monoisotopic (exact) mass is 225 g/mol. The molecule has 14 heavy (non-hydrogen) atoms. The largest absolute Gasteiger partial charge is 0.478 e. The van der Waals surface area contributed by atoms with Crippen molar-refractivity contribution in [1.82, 2.24) is 4.98 Å². The maximum atomic E-state index is 12.7. The molecule has 0 saturated carbocycles. The van der Waals surface area contributed by atoms with E-state index in [1.165, 1.54) is 0 Å². The first-order chi connectivity index (χ1) is 6.45. The van der Waals surface area contributed by atoms with Gasteiger partial charge in [-0.3, -0.25) is 0 Å². The van der Waals surface area contributed by atoms with Gasteiger partial charge in [-0.1, -0.05) is 11.6 Å². The molecule has 3 nitrogen and oxygen atoms in total. The summed E-state index contributed by atoms with van der Waals surface area (Å²) in [6.45, 7) is 0. The number of carbonyl (C=O) groups is 1. The molecule has 0 aliphatic rings. The third kappa shape index (κ3) is 1.79. The van der Waals surface area contributed by atoms with E-state index in [1.807, 2.05) is 0 Å². The van der Waals surface area contributed by atoms with Crippen molar-refractivity contribution in [2.45, 2.75) is 6.43 Å². The minimum absolute atomic E-state index is 0.519. The van der Waals surface area contributed by atoms with Crippen LogP contribution in [0.25, 0.3) is 0 Å². The van der Waals surface area contributed by atoms with Crippen LogP contribution in [0, 0.1) is 5.95 Å². The number of aromatic carboxylic acids is 1. The number of rotatable bonds is 2. The molecule has 0 aliphatic heterocycles. The van der Waals surface area contributed by atoms with Crippen molar-refractivity contribution < 1.29 is 23.1 Å². The van der Waals surface area contributed by atoms with E-state index in [-0.39, 0.29) is 0 Å². The number of carboxylic acids is 1. The molecule has 0 atom stereocenters. The van der Waals surface area contributed by atoms with E-state index in [2.05, 4.69) is 4.98 Å². The van der Waals surface area contributed by atoms with Gasteiger partial charge >= 0.3 is 5.97 Å². The first kappa shape index (κ1) is 10.8. The van der Waals surface area contributed by atoms with Gasteiger partial charge in [0.15, 0.2) is 0 Å². The summed E-state index contributed by atoms with van der Waals surface area (Å²) < 4.78 is 37.2. The Labute approximate surface area is 81.1 Å². The summed E-state index contributed by atoms with van der Waals surface area (Å²) in [7, 11) is 0. The topological polar surface area (TPSA) is 50.2 Å². The number of carboxylic acid groups (broad SMARTS) is 1. The van der Waals surface area contributed by atoms with E-state index >= 15 is 0 Å². The zero-order chi connectivity index (χ0) is 10.9. The first-order valence-electron chi connectivity index (χ1n) is 3.30. The predicted molar refractivity (Wildman–Crippen MR) is 41.1 cm³/mol. The average Bonchev–Trinajstić information content (AvgIpc) is 2.07. The van der Waals surface area contributed by atoms with Crippen molar-refractivity contribution in [3.63, 3.8) is 0 Å². The minimum atomic E-state index is -3.27. The van der Waals surface area contributed by atoms with Gasteiger partial charge in [-0.05, 0) is 0 Å². The first-order valence-corrected chi connectivity index (χ1v) is 3.68. The van der Waals surface area contributed by atoms with Crippen LogP contribution >= 0.6 is 11.6 Å². The number of hydrogen-bond donors (Lipinski definition) is 1. The van der Waals surface area contributed by atoms with Gasteiger partial charge in [-0.15, -0.1) is 0 Å². The summed E-state index contributed by atoms with van der Waals surface area (Å²) in [5, 5.41) is 7.99. The van der Waals surface area contributed by atoms with Crippen LogP contribution < -0.4 is 0 Å². The highest BCUT2D eigenvalue weighted by molar-refractivity contribution is 6.33. The van der Waals surface area contributed by atoms with Crippen LogP contribution in [0.4, 0.5) is 13.2 Å². The normalized spacial score (nSPS) is 10.6. The van der Waals surface area contributed by atoms with Crippen LogP contribution in [0.5, 0.6) is 0 Å². The second kappa shape index (κ2) is 3.83. The molecule has 0 aromatic carbocycles. The van der Waals surface area contributed by atoms with E-state index in [4.69, 9.17) is 16.7 Å². The summed E-state index contributed by atoms with van der Waals surface area (Å²) >= 11 is 5.30. The quantitative estimate of drug-likeness (QED) is 0.787. The number of pyridine rings is 1. The van der Waals surface area contributed by atoms with Gasteiger partial charge in [0.05, 0.1) is 16.1 Å². The van der Waals surface area contributed by atoms with Crippen molar-refractivity contribution in [3.05, 3.63) is 28.3 Å². The molecular formula is C7H3ClF3NO2. The third-order valence-electron chi connectivity index (χ3n) is 1.45. The molecule has 0 saturated heterocycles. The zero-order valence-corrected chi connectivity index (χ0v) is 7.23. The van der Waals surface area contributed by atoms with E-state index in [0.29, 0.717) is 6.20 Å². The van der Waals surface area contributed by atoms with Crippen molar-refractivity contribution in [1.29, 1.82) is 0 Å². The van der Waals surface area contributed by atoms with Crippen LogP contribution in [-0.4, -0.2) is 16.1 Å². The molecule has 1 N–H and O–H groups in total. The Hall–Kier alpha value is -1.30. The van der Waals surface area contributed by atoms with Crippen molar-refractivity contribution in [2.75, 3.05) is 0 Å². The second-order valence-corrected chi connectivity index (χ2v) is 2.70. The van der Waals surface area contributed by atoms with Gasteiger partial charge in [0.1, 0.15) is 0 Å². The van der Waals surface area contributed by atoms with Gasteiger partial charge in [-0.25, -0.2) is 18.6 Å². The molecule has 1 aromatic heterocycles. The number of alkyl halides is 2. The van der Waals surface area contributed by atoms with Gasteiger partial charge in [0, 0.05) is 6.20 Å². The van der Waals surface area contributed by atoms with Crippen molar-refractivity contribution in [2.24, 2.45) is 0 Å². The maximum absolute atomic E-state index is 12.7. The standard InChI is InChI=1S/C7H3ClF3NO2/c8-2-1-12-6(11)4(5(9)10)3(2)7(13)14/h1,5H,(H,13,14). The average molecular weight is 226 g/mol. The molecule has 0 aliphatic carbocycles. The summed E-state index contributed by atoms with van der Waals surface area (Å²) in [5.41, 5.74) is -2.24. The molecule has 76 valence electrons. The number of nitrogens with zero attached hydrogens (tertiary/aromatic N) is 1. The van der Waals surface area contributed by atoms with Gasteiger partial charge in [0.2, 0.25) is 5.95 Å². The fourth-order valence-corrected chi connectivity index (χ4v) is 1.13. The molecule has 7 heteroatoms. The van der Waals surface area contributed by atoms with Crippen LogP contribution in [0.15, 0.2) is 6.20 Å². The Morgan fingerprint density at radius 3 is 2.50 bits per heavy atom. The van der Waals surface area contributed by atoms with E-state index < -0.39 is 34.5 Å². The SMILES string of the molecule is O=C(O)c1c(Cl)cnc(F)c1C(F)F. The number of aromatic nitrogens is 1. The lowest BCUT2D eigenvalue weighted by molar-refractivity contribution is 0.0681. The van der Waals surface area contributed by atoms with Crippen molar-refractivity contribution in [3.8, 4) is 0 Å². The molecule has 1 heterocycles. The lowest BCUT2D eigenvalue weighted by Gasteiger charge is -2.06. The molecule has 0 unspecified atom stereocenters. The van der Waals surface area contributed by atoms with Crippen LogP contribution in [0.2, 0.25) is 5.02 Å². The highest BCUT2D eigenvalue weighted by atomic mass is 35.5. The Kier molecular flexibility index (Phi) is 2.95. The van der Waals surface area contributed by atoms with Crippen LogP contribution in [0.1, 0.15) is 22.3 Å². The minimum Gasteiger partial charge on any atom is -0.478 e. The maximum Gasteiger partial charge on any atom is 0.337 e. The van der Waals surface area contributed by atoms with Gasteiger partial charge in [0.25, 0.3) is 6.43 Å². The third-order valence-corrected chi connectivity index (χ3v) is 1.74. The second-order valence-electron chi connectivity index (χ2n) is 2.29. The number of halogens is 4. The fraction of sp³-hybridized carbons (Fsp3) is 0.143. The summed E-state index contributed by atoms with van der Waals surface area (Å²) in [6, 6.07) is 0.